The third-order valence-corrected chi connectivity index (χ3v) is 2.58. The van der Waals surface area contributed by atoms with Gasteiger partial charge in [0.15, 0.2) is 0 Å². The zero-order chi connectivity index (χ0) is 10.7. The first kappa shape index (κ1) is 9.97. The average molecular weight is 210 g/mol. The largest absolute Gasteiger partial charge is 0.344 e. The fraction of sp³-hybridized carbons (Fsp3) is 0.556. The van der Waals surface area contributed by atoms with E-state index in [0.29, 0.717) is 6.54 Å². The quantitative estimate of drug-likeness (QED) is 0.570. The molecule has 0 atom stereocenters. The molecule has 1 aromatic heterocycles. The molecule has 15 heavy (non-hydrogen) atoms. The molecule has 0 amide bonds. The highest BCUT2D eigenvalue weighted by Gasteiger charge is 2.06. The zero-order valence-electron chi connectivity index (χ0n) is 8.38. The van der Waals surface area contributed by atoms with Gasteiger partial charge in [0.05, 0.1) is 0 Å². The lowest BCUT2D eigenvalue weighted by Crippen LogP contribution is -2.27. The molecule has 82 valence electrons. The van der Waals surface area contributed by atoms with E-state index in [0.717, 1.165) is 25.9 Å². The van der Waals surface area contributed by atoms with Crippen molar-refractivity contribution in [3.63, 3.8) is 0 Å². The van der Waals surface area contributed by atoms with Crippen LogP contribution >= 0.6 is 0 Å². The number of nitrogens with zero attached hydrogens (tertiary/aromatic N) is 1. The van der Waals surface area contributed by atoms with Crippen LogP contribution in [0.5, 0.6) is 0 Å². The standard InChI is InChI=1S/C9H14N4O2/c14-8-11-12-9(15)13(8)6-3-7-1-4-10-5-2-7/h1,10H,2-6H2,(H,11,14)(H,12,15). The molecule has 3 N–H and O–H groups in total. The molecule has 0 fully saturated rings. The maximum absolute atomic E-state index is 11.2. The number of aromatic nitrogens is 3. The highest BCUT2D eigenvalue weighted by Crippen LogP contribution is 2.09. The Morgan fingerprint density at radius 1 is 1.27 bits per heavy atom. The van der Waals surface area contributed by atoms with Crippen molar-refractivity contribution >= 4 is 0 Å². The Hall–Kier alpha value is -1.56. The first-order chi connectivity index (χ1) is 7.27. The molecule has 1 aliphatic rings. The van der Waals surface area contributed by atoms with E-state index >= 15 is 0 Å². The van der Waals surface area contributed by atoms with Gasteiger partial charge in [0, 0.05) is 13.1 Å². The highest BCUT2D eigenvalue weighted by molar-refractivity contribution is 5.06. The molecule has 0 saturated carbocycles. The van der Waals surface area contributed by atoms with Gasteiger partial charge >= 0.3 is 11.4 Å². The molecule has 0 bridgehead atoms. The summed E-state index contributed by atoms with van der Waals surface area (Å²) in [6.07, 6.45) is 3.88. The predicted octanol–water partition coefficient (Wildman–Crippen LogP) is -0.825. The van der Waals surface area contributed by atoms with Gasteiger partial charge in [-0.3, -0.25) is 0 Å². The molecule has 0 radical (unpaired) electrons. The van der Waals surface area contributed by atoms with Gasteiger partial charge in [0.25, 0.3) is 0 Å². The van der Waals surface area contributed by atoms with Crippen LogP contribution < -0.4 is 16.7 Å². The molecular weight excluding hydrogens is 196 g/mol. The van der Waals surface area contributed by atoms with E-state index in [9.17, 15) is 9.59 Å². The maximum Gasteiger partial charge on any atom is 0.344 e. The Balaban J connectivity index is 2.01. The molecule has 2 heterocycles. The first-order valence-corrected chi connectivity index (χ1v) is 5.03. The second-order valence-electron chi connectivity index (χ2n) is 3.58. The Morgan fingerprint density at radius 3 is 2.60 bits per heavy atom. The van der Waals surface area contributed by atoms with Crippen molar-refractivity contribution in [3.05, 3.63) is 32.6 Å². The minimum Gasteiger partial charge on any atom is -0.313 e. The highest BCUT2D eigenvalue weighted by atomic mass is 16.2. The van der Waals surface area contributed by atoms with Crippen LogP contribution in [0.25, 0.3) is 0 Å². The summed E-state index contributed by atoms with van der Waals surface area (Å²) in [6, 6.07) is 0. The van der Waals surface area contributed by atoms with Crippen molar-refractivity contribution in [2.24, 2.45) is 0 Å². The molecular formula is C9H14N4O2. The van der Waals surface area contributed by atoms with Gasteiger partial charge in [-0.25, -0.2) is 24.4 Å². The van der Waals surface area contributed by atoms with E-state index in [1.165, 1.54) is 10.1 Å². The summed E-state index contributed by atoms with van der Waals surface area (Å²) < 4.78 is 1.18. The topological polar surface area (TPSA) is 82.7 Å². The van der Waals surface area contributed by atoms with E-state index in [-0.39, 0.29) is 11.4 Å². The van der Waals surface area contributed by atoms with Crippen LogP contribution in [0, 0.1) is 0 Å². The van der Waals surface area contributed by atoms with E-state index in [2.05, 4.69) is 21.6 Å². The van der Waals surface area contributed by atoms with Crippen LogP contribution in [0.4, 0.5) is 0 Å². The van der Waals surface area contributed by atoms with Crippen LogP contribution in [0.2, 0.25) is 0 Å². The second-order valence-corrected chi connectivity index (χ2v) is 3.58. The van der Waals surface area contributed by atoms with Gasteiger partial charge in [0.2, 0.25) is 0 Å². The lowest BCUT2D eigenvalue weighted by atomic mass is 10.1. The summed E-state index contributed by atoms with van der Waals surface area (Å²) in [7, 11) is 0. The minimum absolute atomic E-state index is 0.366. The summed E-state index contributed by atoms with van der Waals surface area (Å²) in [5.41, 5.74) is 0.574. The van der Waals surface area contributed by atoms with Crippen LogP contribution in [0.1, 0.15) is 12.8 Å². The normalized spacial score (nSPS) is 16.4. The molecule has 0 unspecified atom stereocenters. The van der Waals surface area contributed by atoms with Gasteiger partial charge in [-0.15, -0.1) is 0 Å². The van der Waals surface area contributed by atoms with Crippen molar-refractivity contribution in [1.82, 2.24) is 20.1 Å². The van der Waals surface area contributed by atoms with Crippen molar-refractivity contribution in [2.45, 2.75) is 19.4 Å². The number of hydrogen-bond donors (Lipinski definition) is 3. The van der Waals surface area contributed by atoms with Gasteiger partial charge in [-0.2, -0.15) is 0 Å². The smallest absolute Gasteiger partial charge is 0.313 e. The molecule has 0 aromatic carbocycles. The van der Waals surface area contributed by atoms with Crippen LogP contribution in [0.15, 0.2) is 21.2 Å². The Bertz CT molecular complexity index is 437. The molecule has 1 aliphatic heterocycles. The molecule has 1 aromatic rings. The SMILES string of the molecule is O=c1[nH][nH]c(=O)n1CCC1=CCNCC1. The summed E-state index contributed by atoms with van der Waals surface area (Å²) in [5, 5.41) is 7.74. The number of H-pyrrole nitrogens is 2. The number of hydrogen-bond acceptors (Lipinski definition) is 3. The maximum atomic E-state index is 11.2. The first-order valence-electron chi connectivity index (χ1n) is 5.03. The number of rotatable bonds is 3. The molecule has 6 nitrogen and oxygen atoms in total. The molecule has 2 rings (SSSR count). The third-order valence-electron chi connectivity index (χ3n) is 2.58. The second kappa shape index (κ2) is 4.31. The average Bonchev–Trinajstić information content (AvgIpc) is 2.58. The van der Waals surface area contributed by atoms with E-state index in [1.807, 2.05) is 0 Å². The van der Waals surface area contributed by atoms with Gasteiger partial charge in [0.1, 0.15) is 0 Å². The number of nitrogens with one attached hydrogen (secondary N) is 3. The Morgan fingerprint density at radius 2 is 2.00 bits per heavy atom. The predicted molar refractivity (Wildman–Crippen MR) is 55.9 cm³/mol. The van der Waals surface area contributed by atoms with E-state index in [1.54, 1.807) is 0 Å². The third kappa shape index (κ3) is 2.27. The molecule has 0 spiro atoms. The summed E-state index contributed by atoms with van der Waals surface area (Å²) in [6.45, 7) is 2.31. The van der Waals surface area contributed by atoms with Gasteiger partial charge in [-0.1, -0.05) is 11.6 Å². The van der Waals surface area contributed by atoms with Crippen LogP contribution in [0.3, 0.4) is 0 Å². The fourth-order valence-corrected chi connectivity index (χ4v) is 1.69. The van der Waals surface area contributed by atoms with Crippen molar-refractivity contribution in [3.8, 4) is 0 Å². The zero-order valence-corrected chi connectivity index (χ0v) is 8.38. The van der Waals surface area contributed by atoms with Crippen LogP contribution in [-0.2, 0) is 6.54 Å². The lowest BCUT2D eigenvalue weighted by molar-refractivity contribution is 0.608. The van der Waals surface area contributed by atoms with E-state index < -0.39 is 0 Å². The molecule has 0 saturated heterocycles. The molecule has 6 heteroatoms. The summed E-state index contributed by atoms with van der Waals surface area (Å²) >= 11 is 0. The lowest BCUT2D eigenvalue weighted by Gasteiger charge is -2.13. The van der Waals surface area contributed by atoms with Crippen molar-refractivity contribution < 1.29 is 0 Å². The Labute approximate surface area is 86.0 Å². The van der Waals surface area contributed by atoms with Crippen molar-refractivity contribution in [2.75, 3.05) is 13.1 Å². The summed E-state index contributed by atoms with van der Waals surface area (Å²) in [4.78, 5) is 22.3. The van der Waals surface area contributed by atoms with Crippen LogP contribution in [-0.4, -0.2) is 27.9 Å². The van der Waals surface area contributed by atoms with Crippen molar-refractivity contribution in [1.29, 1.82) is 0 Å². The fourth-order valence-electron chi connectivity index (χ4n) is 1.69. The minimum atomic E-state index is -0.366. The van der Waals surface area contributed by atoms with Gasteiger partial charge in [-0.05, 0) is 19.4 Å². The monoisotopic (exact) mass is 210 g/mol. The summed E-state index contributed by atoms with van der Waals surface area (Å²) in [5.74, 6) is 0. The van der Waals surface area contributed by atoms with Gasteiger partial charge < -0.3 is 5.32 Å². The van der Waals surface area contributed by atoms with E-state index in [4.69, 9.17) is 0 Å². The Kier molecular flexibility index (Phi) is 2.86. The molecule has 0 aliphatic carbocycles. The number of aromatic amines is 2.